The quantitative estimate of drug-likeness (QED) is 0.701. The van der Waals surface area contributed by atoms with Crippen LogP contribution in [0.5, 0.6) is 0 Å². The maximum atomic E-state index is 13.1. The van der Waals surface area contributed by atoms with Gasteiger partial charge >= 0.3 is 0 Å². The number of hydrogen-bond donors (Lipinski definition) is 0. The van der Waals surface area contributed by atoms with E-state index in [-0.39, 0.29) is 6.10 Å². The molecule has 78 valence electrons. The molecular formula is C12H17FO. The van der Waals surface area contributed by atoms with Gasteiger partial charge in [-0.1, -0.05) is 37.3 Å². The van der Waals surface area contributed by atoms with Crippen LogP contribution in [0.2, 0.25) is 0 Å². The van der Waals surface area contributed by atoms with Gasteiger partial charge in [-0.15, -0.1) is 0 Å². The Morgan fingerprint density at radius 2 is 1.93 bits per heavy atom. The molecule has 0 saturated carbocycles. The van der Waals surface area contributed by atoms with E-state index in [4.69, 9.17) is 4.74 Å². The Bertz CT molecular complexity index is 248. The van der Waals surface area contributed by atoms with E-state index in [1.54, 1.807) is 6.92 Å². The first kappa shape index (κ1) is 11.2. The highest BCUT2D eigenvalue weighted by molar-refractivity contribution is 5.13. The molecule has 0 heterocycles. The van der Waals surface area contributed by atoms with Crippen molar-refractivity contribution in [2.45, 2.75) is 39.2 Å². The van der Waals surface area contributed by atoms with E-state index in [9.17, 15) is 4.39 Å². The van der Waals surface area contributed by atoms with Gasteiger partial charge < -0.3 is 4.74 Å². The molecule has 0 fully saturated rings. The van der Waals surface area contributed by atoms with Gasteiger partial charge in [0.05, 0.1) is 12.7 Å². The molecule has 14 heavy (non-hydrogen) atoms. The zero-order valence-electron chi connectivity index (χ0n) is 8.74. The number of ether oxygens (including phenoxy) is 1. The predicted octanol–water partition coefficient (Wildman–Crippen LogP) is 3.34. The van der Waals surface area contributed by atoms with Crippen molar-refractivity contribution < 1.29 is 9.13 Å². The van der Waals surface area contributed by atoms with Gasteiger partial charge in [0.2, 0.25) is 0 Å². The molecule has 1 aromatic carbocycles. The summed E-state index contributed by atoms with van der Waals surface area (Å²) in [6.45, 7) is 4.09. The molecule has 0 aromatic heterocycles. The number of hydrogen-bond acceptors (Lipinski definition) is 1. The van der Waals surface area contributed by atoms with E-state index >= 15 is 0 Å². The van der Waals surface area contributed by atoms with Gasteiger partial charge in [-0.25, -0.2) is 4.39 Å². The fourth-order valence-electron chi connectivity index (χ4n) is 1.24. The van der Waals surface area contributed by atoms with Crippen LogP contribution in [-0.2, 0) is 11.3 Å². The molecule has 1 nitrogen and oxygen atoms in total. The normalized spacial score (nSPS) is 15.1. The molecule has 1 rings (SSSR count). The van der Waals surface area contributed by atoms with Crippen LogP contribution in [-0.4, -0.2) is 12.3 Å². The largest absolute Gasteiger partial charge is 0.371 e. The summed E-state index contributed by atoms with van der Waals surface area (Å²) < 4.78 is 18.5. The first-order valence-electron chi connectivity index (χ1n) is 5.03. The Kier molecular flexibility index (Phi) is 4.60. The van der Waals surface area contributed by atoms with Crippen molar-refractivity contribution in [3.8, 4) is 0 Å². The van der Waals surface area contributed by atoms with Crippen molar-refractivity contribution in [3.63, 3.8) is 0 Å². The first-order valence-corrected chi connectivity index (χ1v) is 5.03. The Hall–Kier alpha value is -0.890. The van der Waals surface area contributed by atoms with Gasteiger partial charge in [0.1, 0.15) is 6.17 Å². The SMILES string of the molecule is CCC(F)C(C)OCc1ccccc1. The number of rotatable bonds is 5. The molecule has 2 atom stereocenters. The van der Waals surface area contributed by atoms with Gasteiger partial charge in [-0.2, -0.15) is 0 Å². The third-order valence-corrected chi connectivity index (χ3v) is 2.26. The molecule has 2 heteroatoms. The lowest BCUT2D eigenvalue weighted by Crippen LogP contribution is -2.21. The first-order chi connectivity index (χ1) is 6.74. The average molecular weight is 196 g/mol. The molecule has 0 saturated heterocycles. The zero-order valence-corrected chi connectivity index (χ0v) is 8.74. The lowest BCUT2D eigenvalue weighted by molar-refractivity contribution is -0.00160. The minimum Gasteiger partial charge on any atom is -0.371 e. The molecule has 0 radical (unpaired) electrons. The third-order valence-electron chi connectivity index (χ3n) is 2.26. The minimum absolute atomic E-state index is 0.319. The second-order valence-electron chi connectivity index (χ2n) is 3.43. The standard InChI is InChI=1S/C12H17FO/c1-3-12(13)10(2)14-9-11-7-5-4-6-8-11/h4-8,10,12H,3,9H2,1-2H3. The van der Waals surface area contributed by atoms with Gasteiger partial charge in [0.15, 0.2) is 0 Å². The predicted molar refractivity (Wildman–Crippen MR) is 55.9 cm³/mol. The molecule has 1 aromatic rings. The summed E-state index contributed by atoms with van der Waals surface area (Å²) in [5.41, 5.74) is 1.09. The van der Waals surface area contributed by atoms with Crippen LogP contribution >= 0.6 is 0 Å². The molecule has 0 N–H and O–H groups in total. The third kappa shape index (κ3) is 3.46. The second kappa shape index (κ2) is 5.76. The summed E-state index contributed by atoms with van der Waals surface area (Å²) in [6.07, 6.45) is -0.672. The van der Waals surface area contributed by atoms with Crippen molar-refractivity contribution in [1.82, 2.24) is 0 Å². The molecule has 2 unspecified atom stereocenters. The van der Waals surface area contributed by atoms with E-state index in [1.165, 1.54) is 0 Å². The highest BCUT2D eigenvalue weighted by atomic mass is 19.1. The summed E-state index contributed by atoms with van der Waals surface area (Å²) in [5.74, 6) is 0. The van der Waals surface area contributed by atoms with Crippen molar-refractivity contribution in [1.29, 1.82) is 0 Å². The van der Waals surface area contributed by atoms with Crippen molar-refractivity contribution >= 4 is 0 Å². The van der Waals surface area contributed by atoms with Crippen LogP contribution in [0.15, 0.2) is 30.3 Å². The van der Waals surface area contributed by atoms with E-state index in [1.807, 2.05) is 37.3 Å². The molecule has 0 aliphatic heterocycles. The summed E-state index contributed by atoms with van der Waals surface area (Å²) in [7, 11) is 0. The van der Waals surface area contributed by atoms with Gasteiger partial charge in [0, 0.05) is 0 Å². The van der Waals surface area contributed by atoms with Gasteiger partial charge in [-0.3, -0.25) is 0 Å². The van der Waals surface area contributed by atoms with Crippen LogP contribution in [0.25, 0.3) is 0 Å². The Morgan fingerprint density at radius 1 is 1.29 bits per heavy atom. The van der Waals surface area contributed by atoms with Crippen molar-refractivity contribution in [2.24, 2.45) is 0 Å². The van der Waals surface area contributed by atoms with E-state index in [0.717, 1.165) is 5.56 Å². The number of alkyl halides is 1. The highest BCUT2D eigenvalue weighted by Gasteiger charge is 2.13. The Balaban J connectivity index is 2.34. The second-order valence-corrected chi connectivity index (χ2v) is 3.43. The molecular weight excluding hydrogens is 179 g/mol. The maximum Gasteiger partial charge on any atom is 0.126 e. The molecule has 0 bridgehead atoms. The molecule has 0 amide bonds. The Labute approximate surface area is 84.9 Å². The summed E-state index contributed by atoms with van der Waals surface area (Å²) in [4.78, 5) is 0. The van der Waals surface area contributed by atoms with E-state index in [0.29, 0.717) is 13.0 Å². The highest BCUT2D eigenvalue weighted by Crippen LogP contribution is 2.10. The maximum absolute atomic E-state index is 13.1. The minimum atomic E-state index is -0.862. The van der Waals surface area contributed by atoms with Crippen LogP contribution < -0.4 is 0 Å². The van der Waals surface area contributed by atoms with Crippen molar-refractivity contribution in [3.05, 3.63) is 35.9 Å². The fraction of sp³-hybridized carbons (Fsp3) is 0.500. The number of halogens is 1. The molecule has 0 aliphatic carbocycles. The van der Waals surface area contributed by atoms with Crippen LogP contribution in [0.3, 0.4) is 0 Å². The van der Waals surface area contributed by atoms with Crippen molar-refractivity contribution in [2.75, 3.05) is 0 Å². The monoisotopic (exact) mass is 196 g/mol. The zero-order chi connectivity index (χ0) is 10.4. The Morgan fingerprint density at radius 3 is 2.50 bits per heavy atom. The lowest BCUT2D eigenvalue weighted by Gasteiger charge is -2.15. The summed E-state index contributed by atoms with van der Waals surface area (Å²) >= 11 is 0. The average Bonchev–Trinajstić information content (AvgIpc) is 2.26. The molecule has 0 spiro atoms. The summed E-state index contributed by atoms with van der Waals surface area (Å²) in [5, 5.41) is 0. The lowest BCUT2D eigenvalue weighted by atomic mass is 10.2. The molecule has 0 aliphatic rings. The topological polar surface area (TPSA) is 9.23 Å². The smallest absolute Gasteiger partial charge is 0.126 e. The fourth-order valence-corrected chi connectivity index (χ4v) is 1.24. The van der Waals surface area contributed by atoms with Crippen LogP contribution in [0.4, 0.5) is 4.39 Å². The summed E-state index contributed by atoms with van der Waals surface area (Å²) in [6, 6.07) is 9.82. The van der Waals surface area contributed by atoms with E-state index in [2.05, 4.69) is 0 Å². The van der Waals surface area contributed by atoms with Gasteiger partial charge in [-0.05, 0) is 18.9 Å². The number of benzene rings is 1. The van der Waals surface area contributed by atoms with Gasteiger partial charge in [0.25, 0.3) is 0 Å². The van der Waals surface area contributed by atoms with Crippen LogP contribution in [0, 0.1) is 0 Å². The van der Waals surface area contributed by atoms with E-state index < -0.39 is 6.17 Å². The van der Waals surface area contributed by atoms with Crippen LogP contribution in [0.1, 0.15) is 25.8 Å².